The van der Waals surface area contributed by atoms with Crippen molar-refractivity contribution in [1.82, 2.24) is 20.9 Å². The summed E-state index contributed by atoms with van der Waals surface area (Å²) < 4.78 is 0. The Bertz CT molecular complexity index is 595. The largest absolute Gasteiger partial charge is 0.356 e. The highest BCUT2D eigenvalue weighted by molar-refractivity contribution is 14.0. The highest BCUT2D eigenvalue weighted by Gasteiger charge is 2.27. The molecule has 0 atom stereocenters. The molecular weight excluding hydrogens is 445 g/mol. The fourth-order valence-electron chi connectivity index (χ4n) is 2.21. The first kappa shape index (κ1) is 20.5. The van der Waals surface area contributed by atoms with Gasteiger partial charge in [0.05, 0.1) is 6.54 Å². The predicted octanol–water partition coefficient (Wildman–Crippen LogP) is 1.22. The number of nitrogens with zero attached hydrogens (tertiary/aromatic N) is 2. The second-order valence-corrected chi connectivity index (χ2v) is 5.45. The van der Waals surface area contributed by atoms with Crippen molar-refractivity contribution in [2.24, 2.45) is 4.99 Å². The molecule has 0 spiro atoms. The van der Waals surface area contributed by atoms with Crippen molar-refractivity contribution in [2.45, 2.75) is 6.42 Å². The molecule has 1 aliphatic rings. The van der Waals surface area contributed by atoms with Crippen LogP contribution in [0.4, 0.5) is 4.79 Å². The SMILES string of the molecule is CN=C(NCCc1cccc(Cl)c1)NCCN1C(=O)CNC1=O.I. The number of rotatable bonds is 6. The molecule has 24 heavy (non-hydrogen) atoms. The smallest absolute Gasteiger partial charge is 0.324 e. The number of carbonyl (C=O) groups excluding carboxylic acids is 2. The minimum Gasteiger partial charge on any atom is -0.356 e. The van der Waals surface area contributed by atoms with Crippen LogP contribution in [0.1, 0.15) is 5.56 Å². The molecule has 132 valence electrons. The maximum Gasteiger partial charge on any atom is 0.324 e. The fourth-order valence-corrected chi connectivity index (χ4v) is 2.42. The van der Waals surface area contributed by atoms with Crippen LogP contribution in [0.3, 0.4) is 0 Å². The lowest BCUT2D eigenvalue weighted by atomic mass is 10.1. The van der Waals surface area contributed by atoms with Crippen molar-refractivity contribution in [1.29, 1.82) is 0 Å². The minimum absolute atomic E-state index is 0. The number of hydrogen-bond donors (Lipinski definition) is 3. The summed E-state index contributed by atoms with van der Waals surface area (Å²) in [7, 11) is 1.67. The quantitative estimate of drug-likeness (QED) is 0.255. The number of imide groups is 1. The third-order valence-electron chi connectivity index (χ3n) is 3.38. The van der Waals surface area contributed by atoms with Crippen LogP contribution < -0.4 is 16.0 Å². The van der Waals surface area contributed by atoms with Crippen LogP contribution in [-0.2, 0) is 11.2 Å². The molecule has 0 aliphatic carbocycles. The predicted molar refractivity (Wildman–Crippen MR) is 105 cm³/mol. The van der Waals surface area contributed by atoms with E-state index >= 15 is 0 Å². The summed E-state index contributed by atoms with van der Waals surface area (Å²) >= 11 is 5.95. The van der Waals surface area contributed by atoms with Gasteiger partial charge in [0.1, 0.15) is 0 Å². The Hall–Kier alpha value is -1.55. The van der Waals surface area contributed by atoms with Gasteiger partial charge in [0.25, 0.3) is 0 Å². The van der Waals surface area contributed by atoms with Crippen molar-refractivity contribution in [2.75, 3.05) is 33.2 Å². The number of guanidine groups is 1. The van der Waals surface area contributed by atoms with Gasteiger partial charge in [-0.25, -0.2) is 4.79 Å². The van der Waals surface area contributed by atoms with Crippen LogP contribution >= 0.6 is 35.6 Å². The molecule has 2 rings (SSSR count). The van der Waals surface area contributed by atoms with Gasteiger partial charge in [0, 0.05) is 31.7 Å². The maximum absolute atomic E-state index is 11.4. The van der Waals surface area contributed by atoms with E-state index in [1.807, 2.05) is 24.3 Å². The summed E-state index contributed by atoms with van der Waals surface area (Å²) in [6, 6.07) is 7.36. The normalized spacial score (nSPS) is 14.2. The van der Waals surface area contributed by atoms with Crippen molar-refractivity contribution in [3.8, 4) is 0 Å². The van der Waals surface area contributed by atoms with E-state index in [1.165, 1.54) is 4.90 Å². The van der Waals surface area contributed by atoms with Gasteiger partial charge in [0.2, 0.25) is 5.91 Å². The third-order valence-corrected chi connectivity index (χ3v) is 3.62. The molecule has 3 N–H and O–H groups in total. The van der Waals surface area contributed by atoms with E-state index in [4.69, 9.17) is 11.6 Å². The van der Waals surface area contributed by atoms with Crippen LogP contribution in [-0.4, -0.2) is 56.0 Å². The van der Waals surface area contributed by atoms with E-state index in [1.54, 1.807) is 7.05 Å². The Morgan fingerprint density at radius 2 is 2.08 bits per heavy atom. The van der Waals surface area contributed by atoms with Gasteiger partial charge >= 0.3 is 6.03 Å². The van der Waals surface area contributed by atoms with Crippen LogP contribution in [0.2, 0.25) is 5.02 Å². The number of benzene rings is 1. The molecule has 0 aromatic heterocycles. The maximum atomic E-state index is 11.4. The zero-order valence-corrected chi connectivity index (χ0v) is 16.4. The van der Waals surface area contributed by atoms with E-state index < -0.39 is 0 Å². The lowest BCUT2D eigenvalue weighted by molar-refractivity contribution is -0.124. The molecule has 1 heterocycles. The Morgan fingerprint density at radius 3 is 2.71 bits per heavy atom. The van der Waals surface area contributed by atoms with Crippen LogP contribution in [0.15, 0.2) is 29.3 Å². The minimum atomic E-state index is -0.347. The highest BCUT2D eigenvalue weighted by atomic mass is 127. The molecule has 1 saturated heterocycles. The second kappa shape index (κ2) is 10.3. The average Bonchev–Trinajstić information content (AvgIpc) is 2.85. The molecule has 1 aliphatic heterocycles. The molecule has 0 unspecified atom stereocenters. The summed E-state index contributed by atoms with van der Waals surface area (Å²) in [5.74, 6) is 0.416. The summed E-state index contributed by atoms with van der Waals surface area (Å²) in [6.07, 6.45) is 0.814. The molecule has 7 nitrogen and oxygen atoms in total. The number of aliphatic imine (C=N–C) groups is 1. The summed E-state index contributed by atoms with van der Waals surface area (Å²) in [5, 5.41) is 9.45. The Kier molecular flexibility index (Phi) is 8.83. The van der Waals surface area contributed by atoms with Gasteiger partial charge < -0.3 is 16.0 Å². The fraction of sp³-hybridized carbons (Fsp3) is 0.400. The third kappa shape index (κ3) is 6.16. The molecule has 9 heteroatoms. The molecular formula is C15H21ClIN5O2. The topological polar surface area (TPSA) is 85.8 Å². The zero-order valence-electron chi connectivity index (χ0n) is 13.3. The molecule has 1 aromatic rings. The number of urea groups is 1. The van der Waals surface area contributed by atoms with Crippen LogP contribution in [0.5, 0.6) is 0 Å². The lowest BCUT2D eigenvalue weighted by Gasteiger charge is -2.15. The van der Waals surface area contributed by atoms with E-state index in [9.17, 15) is 9.59 Å². The number of carbonyl (C=O) groups is 2. The van der Waals surface area contributed by atoms with Gasteiger partial charge in [-0.1, -0.05) is 23.7 Å². The van der Waals surface area contributed by atoms with Crippen molar-refractivity contribution >= 4 is 53.5 Å². The molecule has 0 bridgehead atoms. The van der Waals surface area contributed by atoms with E-state index in [-0.39, 0.29) is 42.5 Å². The molecule has 1 aromatic carbocycles. The van der Waals surface area contributed by atoms with Gasteiger partial charge in [0.15, 0.2) is 5.96 Å². The molecule has 3 amide bonds. The second-order valence-electron chi connectivity index (χ2n) is 5.01. The van der Waals surface area contributed by atoms with E-state index in [2.05, 4.69) is 20.9 Å². The average molecular weight is 466 g/mol. The molecule has 1 fully saturated rings. The summed E-state index contributed by atoms with van der Waals surface area (Å²) in [6.45, 7) is 1.52. The zero-order chi connectivity index (χ0) is 16.7. The first-order chi connectivity index (χ1) is 11.1. The standard InChI is InChI=1S/C15H20ClN5O2.HI/c1-17-14(18-6-5-11-3-2-4-12(16)9-11)19-7-8-21-13(22)10-20-15(21)23;/h2-4,9H,5-8,10H2,1H3,(H,20,23)(H2,17,18,19);1H. The monoisotopic (exact) mass is 465 g/mol. The summed E-state index contributed by atoms with van der Waals surface area (Å²) in [5.41, 5.74) is 1.14. The first-order valence-corrected chi connectivity index (χ1v) is 7.75. The summed E-state index contributed by atoms with van der Waals surface area (Å²) in [4.78, 5) is 28.1. The van der Waals surface area contributed by atoms with E-state index in [0.717, 1.165) is 17.0 Å². The van der Waals surface area contributed by atoms with Crippen LogP contribution in [0, 0.1) is 0 Å². The Morgan fingerprint density at radius 1 is 1.33 bits per heavy atom. The molecule has 0 radical (unpaired) electrons. The van der Waals surface area contributed by atoms with Crippen LogP contribution in [0.25, 0.3) is 0 Å². The highest BCUT2D eigenvalue weighted by Crippen LogP contribution is 2.10. The lowest BCUT2D eigenvalue weighted by Crippen LogP contribution is -2.43. The van der Waals surface area contributed by atoms with E-state index in [0.29, 0.717) is 25.6 Å². The first-order valence-electron chi connectivity index (χ1n) is 7.37. The van der Waals surface area contributed by atoms with Gasteiger partial charge in [-0.3, -0.25) is 14.7 Å². The number of halogens is 2. The van der Waals surface area contributed by atoms with Crippen molar-refractivity contribution in [3.63, 3.8) is 0 Å². The van der Waals surface area contributed by atoms with Crippen molar-refractivity contribution in [3.05, 3.63) is 34.9 Å². The number of nitrogens with one attached hydrogen (secondary N) is 3. The Balaban J connectivity index is 0.00000288. The van der Waals surface area contributed by atoms with Gasteiger partial charge in [-0.05, 0) is 24.1 Å². The van der Waals surface area contributed by atoms with Crippen molar-refractivity contribution < 1.29 is 9.59 Å². The van der Waals surface area contributed by atoms with Gasteiger partial charge in [-0.2, -0.15) is 0 Å². The number of hydrogen-bond acceptors (Lipinski definition) is 3. The van der Waals surface area contributed by atoms with Gasteiger partial charge in [-0.15, -0.1) is 24.0 Å². The molecule has 0 saturated carbocycles. The number of amides is 3. The Labute approximate surface area is 163 Å².